The highest BCUT2D eigenvalue weighted by Gasteiger charge is 2.30. The summed E-state index contributed by atoms with van der Waals surface area (Å²) in [7, 11) is 0. The van der Waals surface area contributed by atoms with Crippen LogP contribution in [-0.4, -0.2) is 16.0 Å². The highest BCUT2D eigenvalue weighted by atomic mass is 32.2. The van der Waals surface area contributed by atoms with Crippen LogP contribution in [0.2, 0.25) is 0 Å². The van der Waals surface area contributed by atoms with E-state index in [4.69, 9.17) is 4.74 Å². The number of hydrogen-bond donors (Lipinski definition) is 1. The van der Waals surface area contributed by atoms with Gasteiger partial charge in [-0.25, -0.2) is 4.68 Å². The van der Waals surface area contributed by atoms with Gasteiger partial charge in [-0.05, 0) is 60.9 Å². The number of nitrogens with one attached hydrogen (secondary N) is 1. The predicted molar refractivity (Wildman–Crippen MR) is 113 cm³/mol. The van der Waals surface area contributed by atoms with Crippen LogP contribution in [0.25, 0.3) is 16.6 Å². The van der Waals surface area contributed by atoms with Crippen molar-refractivity contribution in [3.8, 4) is 17.2 Å². The molecular weight excluding hydrogens is 411 g/mol. The van der Waals surface area contributed by atoms with Gasteiger partial charge in [0.1, 0.15) is 11.5 Å². The van der Waals surface area contributed by atoms with Gasteiger partial charge in [0.15, 0.2) is 0 Å². The van der Waals surface area contributed by atoms with Crippen molar-refractivity contribution >= 4 is 22.9 Å². The molecule has 0 aliphatic rings. The SMILES string of the molecule is CSNCc1nn(-c2ccc(C(F)(F)F)cc2)c2ccc(Oc3ccccc3)cc12. The van der Waals surface area contributed by atoms with Crippen molar-refractivity contribution in [1.29, 1.82) is 0 Å². The molecule has 0 radical (unpaired) electrons. The molecule has 30 heavy (non-hydrogen) atoms. The maximum Gasteiger partial charge on any atom is 0.416 e. The Morgan fingerprint density at radius 1 is 0.967 bits per heavy atom. The number of benzene rings is 3. The van der Waals surface area contributed by atoms with Gasteiger partial charge in [-0.15, -0.1) is 0 Å². The Hall–Kier alpha value is -2.97. The Kier molecular flexibility index (Phi) is 5.69. The molecule has 0 unspecified atom stereocenters. The number of nitrogens with zero attached hydrogens (tertiary/aromatic N) is 2. The molecule has 0 spiro atoms. The molecule has 4 rings (SSSR count). The van der Waals surface area contributed by atoms with Gasteiger partial charge in [0.25, 0.3) is 0 Å². The normalized spacial score (nSPS) is 11.7. The summed E-state index contributed by atoms with van der Waals surface area (Å²) in [5, 5.41) is 5.51. The summed E-state index contributed by atoms with van der Waals surface area (Å²) in [6.45, 7) is 0.500. The first-order chi connectivity index (χ1) is 14.5. The molecule has 0 saturated carbocycles. The summed E-state index contributed by atoms with van der Waals surface area (Å²) in [4.78, 5) is 0. The molecular formula is C22H18F3N3OS. The fourth-order valence-corrected chi connectivity index (χ4v) is 3.39. The van der Waals surface area contributed by atoms with Crippen LogP contribution >= 0.6 is 11.9 Å². The first-order valence-corrected chi connectivity index (χ1v) is 10.4. The smallest absolute Gasteiger partial charge is 0.416 e. The van der Waals surface area contributed by atoms with Crippen LogP contribution in [-0.2, 0) is 12.7 Å². The van der Waals surface area contributed by atoms with Gasteiger partial charge in [0.2, 0.25) is 0 Å². The van der Waals surface area contributed by atoms with E-state index >= 15 is 0 Å². The fourth-order valence-electron chi connectivity index (χ4n) is 3.11. The molecule has 0 aliphatic carbocycles. The van der Waals surface area contributed by atoms with Crippen molar-refractivity contribution < 1.29 is 17.9 Å². The van der Waals surface area contributed by atoms with Crippen LogP contribution in [0.4, 0.5) is 13.2 Å². The van der Waals surface area contributed by atoms with Crippen LogP contribution in [0.15, 0.2) is 72.8 Å². The van der Waals surface area contributed by atoms with E-state index in [1.165, 1.54) is 24.1 Å². The van der Waals surface area contributed by atoms with E-state index in [9.17, 15) is 13.2 Å². The summed E-state index contributed by atoms with van der Waals surface area (Å²) in [5.41, 5.74) is 1.43. The zero-order chi connectivity index (χ0) is 21.1. The third kappa shape index (κ3) is 4.29. The number of ether oxygens (including phenoxy) is 1. The summed E-state index contributed by atoms with van der Waals surface area (Å²) < 4.78 is 49.4. The molecule has 154 valence electrons. The molecule has 1 aromatic heterocycles. The van der Waals surface area contributed by atoms with Gasteiger partial charge in [0, 0.05) is 5.39 Å². The minimum absolute atomic E-state index is 0.500. The second kappa shape index (κ2) is 8.41. The molecule has 0 aliphatic heterocycles. The summed E-state index contributed by atoms with van der Waals surface area (Å²) in [6, 6.07) is 20.0. The quantitative estimate of drug-likeness (QED) is 0.370. The number of halogens is 3. The van der Waals surface area contributed by atoms with E-state index in [1.54, 1.807) is 4.68 Å². The maximum atomic E-state index is 12.9. The summed E-state index contributed by atoms with van der Waals surface area (Å²) in [5.74, 6) is 1.38. The monoisotopic (exact) mass is 429 g/mol. The van der Waals surface area contributed by atoms with Crippen molar-refractivity contribution in [2.75, 3.05) is 6.26 Å². The standard InChI is InChI=1S/C22H18F3N3OS/c1-30-26-14-20-19-13-18(29-17-5-3-2-4-6-17)11-12-21(19)28(27-20)16-9-7-15(8-10-16)22(23,24)25/h2-13,26H,14H2,1H3. The number of alkyl halides is 3. The van der Waals surface area contributed by atoms with E-state index in [1.807, 2.05) is 54.8 Å². The molecule has 0 atom stereocenters. The lowest BCUT2D eigenvalue weighted by Gasteiger charge is -2.09. The first kappa shape index (κ1) is 20.3. The van der Waals surface area contributed by atoms with Crippen molar-refractivity contribution in [3.05, 3.63) is 84.1 Å². The molecule has 0 fully saturated rings. The molecule has 0 amide bonds. The Balaban J connectivity index is 1.75. The van der Waals surface area contributed by atoms with Gasteiger partial charge < -0.3 is 4.74 Å². The van der Waals surface area contributed by atoms with E-state index in [0.29, 0.717) is 18.0 Å². The molecule has 3 aromatic carbocycles. The fraction of sp³-hybridized carbons (Fsp3) is 0.136. The van der Waals surface area contributed by atoms with E-state index in [0.717, 1.165) is 34.5 Å². The van der Waals surface area contributed by atoms with Gasteiger partial charge in [0.05, 0.1) is 29.0 Å². The van der Waals surface area contributed by atoms with Crippen LogP contribution in [0.5, 0.6) is 11.5 Å². The van der Waals surface area contributed by atoms with Gasteiger partial charge in [-0.2, -0.15) is 18.3 Å². The van der Waals surface area contributed by atoms with Crippen LogP contribution in [0, 0.1) is 0 Å². The number of hydrogen-bond acceptors (Lipinski definition) is 4. The zero-order valence-electron chi connectivity index (χ0n) is 16.0. The summed E-state index contributed by atoms with van der Waals surface area (Å²) >= 11 is 1.47. The Morgan fingerprint density at radius 3 is 2.37 bits per heavy atom. The Bertz CT molecular complexity index is 1140. The second-order valence-electron chi connectivity index (χ2n) is 6.52. The average molecular weight is 429 g/mol. The Morgan fingerprint density at radius 2 is 1.70 bits per heavy atom. The van der Waals surface area contributed by atoms with Gasteiger partial charge in [-0.1, -0.05) is 30.1 Å². The minimum Gasteiger partial charge on any atom is -0.457 e. The molecule has 8 heteroatoms. The van der Waals surface area contributed by atoms with Gasteiger partial charge in [-0.3, -0.25) is 4.72 Å². The molecule has 0 bridgehead atoms. The van der Waals surface area contributed by atoms with Crippen molar-refractivity contribution in [2.24, 2.45) is 0 Å². The van der Waals surface area contributed by atoms with Crippen molar-refractivity contribution in [2.45, 2.75) is 12.7 Å². The molecule has 4 aromatic rings. The molecule has 1 heterocycles. The largest absolute Gasteiger partial charge is 0.457 e. The van der Waals surface area contributed by atoms with Crippen LogP contribution in [0.3, 0.4) is 0 Å². The van der Waals surface area contributed by atoms with Crippen molar-refractivity contribution in [3.63, 3.8) is 0 Å². The lowest BCUT2D eigenvalue weighted by Crippen LogP contribution is -2.06. The lowest BCUT2D eigenvalue weighted by atomic mass is 10.2. The third-order valence-electron chi connectivity index (χ3n) is 4.53. The minimum atomic E-state index is -4.37. The second-order valence-corrected chi connectivity index (χ2v) is 7.22. The third-order valence-corrected chi connectivity index (χ3v) is 4.96. The highest BCUT2D eigenvalue weighted by Crippen LogP contribution is 2.32. The highest BCUT2D eigenvalue weighted by molar-refractivity contribution is 7.96. The molecule has 1 N–H and O–H groups in total. The number of rotatable bonds is 6. The van der Waals surface area contributed by atoms with Crippen LogP contribution < -0.4 is 9.46 Å². The predicted octanol–water partition coefficient (Wildman–Crippen LogP) is 6.20. The van der Waals surface area contributed by atoms with E-state index in [2.05, 4.69) is 9.82 Å². The number of para-hydroxylation sites is 1. The van der Waals surface area contributed by atoms with Crippen LogP contribution in [0.1, 0.15) is 11.3 Å². The number of fused-ring (bicyclic) bond motifs is 1. The van der Waals surface area contributed by atoms with E-state index in [-0.39, 0.29) is 0 Å². The molecule has 4 nitrogen and oxygen atoms in total. The Labute approximate surface area is 175 Å². The maximum absolute atomic E-state index is 12.9. The van der Waals surface area contributed by atoms with Gasteiger partial charge >= 0.3 is 6.18 Å². The van der Waals surface area contributed by atoms with E-state index < -0.39 is 11.7 Å². The summed E-state index contributed by atoms with van der Waals surface area (Å²) in [6.07, 6.45) is -2.46. The average Bonchev–Trinajstić information content (AvgIpc) is 3.10. The molecule has 0 saturated heterocycles. The number of aromatic nitrogens is 2. The lowest BCUT2D eigenvalue weighted by molar-refractivity contribution is -0.137. The first-order valence-electron chi connectivity index (χ1n) is 9.14. The topological polar surface area (TPSA) is 39.1 Å². The van der Waals surface area contributed by atoms with Crippen molar-refractivity contribution in [1.82, 2.24) is 14.5 Å². The zero-order valence-corrected chi connectivity index (χ0v) is 16.8.